The van der Waals surface area contributed by atoms with Crippen LogP contribution in [0.5, 0.6) is 0 Å². The minimum atomic E-state index is -0.505. The molecule has 0 bridgehead atoms. The Balaban J connectivity index is 1.50. The molecule has 1 aromatic carbocycles. The Morgan fingerprint density at radius 3 is 2.59 bits per heavy atom. The van der Waals surface area contributed by atoms with Crippen LogP contribution in [0.3, 0.4) is 0 Å². The largest absolute Gasteiger partial charge is 0.464 e. The van der Waals surface area contributed by atoms with E-state index in [2.05, 4.69) is 39.5 Å². The number of methoxy groups -OCH3 is 1. The minimum Gasteiger partial charge on any atom is -0.464 e. The van der Waals surface area contributed by atoms with Gasteiger partial charge in [-0.25, -0.2) is 9.48 Å². The molecule has 4 rings (SSSR count). The maximum Gasteiger partial charge on any atom is 0.360 e. The summed E-state index contributed by atoms with van der Waals surface area (Å²) in [6, 6.07) is 9.93. The normalized spacial score (nSPS) is 22.2. The summed E-state index contributed by atoms with van der Waals surface area (Å²) in [5, 5.41) is 8.09. The zero-order valence-electron chi connectivity index (χ0n) is 18.6. The van der Waals surface area contributed by atoms with Crippen LogP contribution in [-0.4, -0.2) is 76.0 Å². The van der Waals surface area contributed by atoms with Crippen LogP contribution in [-0.2, 0) is 9.53 Å². The monoisotopic (exact) mass is 437 g/mol. The van der Waals surface area contributed by atoms with Crippen molar-refractivity contribution in [2.75, 3.05) is 33.3 Å². The van der Waals surface area contributed by atoms with Crippen molar-refractivity contribution >= 4 is 18.0 Å². The Morgan fingerprint density at radius 1 is 1.12 bits per heavy atom. The number of carbonyl (C=O) groups excluding carboxylic acids is 2. The van der Waals surface area contributed by atoms with Crippen molar-refractivity contribution in [2.45, 2.75) is 44.2 Å². The van der Waals surface area contributed by atoms with E-state index >= 15 is 0 Å². The maximum atomic E-state index is 13.5. The van der Waals surface area contributed by atoms with E-state index in [1.165, 1.54) is 20.0 Å². The number of esters is 1. The highest BCUT2D eigenvalue weighted by atomic mass is 16.5. The lowest BCUT2D eigenvalue weighted by molar-refractivity contribution is -0.135. The molecule has 8 nitrogen and oxygen atoms in total. The van der Waals surface area contributed by atoms with Crippen LogP contribution in [0.1, 0.15) is 54.2 Å². The van der Waals surface area contributed by atoms with Crippen molar-refractivity contribution in [2.24, 2.45) is 0 Å². The molecular weight excluding hydrogens is 406 g/mol. The fraction of sp³-hybridized carbons (Fsp3) is 0.500. The molecule has 170 valence electrons. The summed E-state index contributed by atoms with van der Waals surface area (Å²) in [4.78, 5) is 29.5. The van der Waals surface area contributed by atoms with Crippen molar-refractivity contribution < 1.29 is 14.3 Å². The van der Waals surface area contributed by atoms with Crippen LogP contribution in [0.15, 0.2) is 42.6 Å². The van der Waals surface area contributed by atoms with Crippen molar-refractivity contribution in [3.05, 3.63) is 53.9 Å². The fourth-order valence-corrected chi connectivity index (χ4v) is 4.57. The van der Waals surface area contributed by atoms with Crippen LogP contribution < -0.4 is 0 Å². The minimum absolute atomic E-state index is 0.0213. The van der Waals surface area contributed by atoms with Gasteiger partial charge in [0.2, 0.25) is 5.91 Å². The molecule has 8 heteroatoms. The number of amides is 1. The van der Waals surface area contributed by atoms with E-state index in [0.29, 0.717) is 19.5 Å². The van der Waals surface area contributed by atoms with Gasteiger partial charge in [0.1, 0.15) is 0 Å². The first-order chi connectivity index (χ1) is 15.7. The SMILES string of the molecule is COC(=O)c1cn([C@@H]2C[C@@H](C(=O)N3CCCCCC3)N(CC=Cc3ccccc3)C2)nn1. The summed E-state index contributed by atoms with van der Waals surface area (Å²) in [6.45, 7) is 3.02. The summed E-state index contributed by atoms with van der Waals surface area (Å²) in [5.74, 6) is -0.301. The molecule has 32 heavy (non-hydrogen) atoms. The highest BCUT2D eigenvalue weighted by Gasteiger charge is 2.39. The van der Waals surface area contributed by atoms with E-state index in [0.717, 1.165) is 31.5 Å². The number of hydrogen-bond donors (Lipinski definition) is 0. The molecule has 2 fully saturated rings. The molecule has 2 atom stereocenters. The van der Waals surface area contributed by atoms with Crippen LogP contribution in [0.25, 0.3) is 6.08 Å². The molecule has 0 spiro atoms. The smallest absolute Gasteiger partial charge is 0.360 e. The average molecular weight is 438 g/mol. The molecule has 0 saturated carbocycles. The quantitative estimate of drug-likeness (QED) is 0.647. The van der Waals surface area contributed by atoms with Crippen molar-refractivity contribution in [3.8, 4) is 0 Å². The van der Waals surface area contributed by atoms with Gasteiger partial charge in [0.15, 0.2) is 5.69 Å². The van der Waals surface area contributed by atoms with Crippen LogP contribution in [0, 0.1) is 0 Å². The number of nitrogens with zero attached hydrogens (tertiary/aromatic N) is 5. The lowest BCUT2D eigenvalue weighted by atomic mass is 10.1. The Kier molecular flexibility index (Phi) is 7.32. The van der Waals surface area contributed by atoms with Gasteiger partial charge in [-0.05, 0) is 24.8 Å². The number of hydrogen-bond acceptors (Lipinski definition) is 6. The molecule has 1 aromatic heterocycles. The third-order valence-corrected chi connectivity index (χ3v) is 6.31. The predicted octanol–water partition coefficient (Wildman–Crippen LogP) is 2.80. The number of rotatable bonds is 6. The Morgan fingerprint density at radius 2 is 1.88 bits per heavy atom. The van der Waals surface area contributed by atoms with E-state index in [1.54, 1.807) is 10.9 Å². The molecule has 0 radical (unpaired) electrons. The van der Waals surface area contributed by atoms with E-state index in [4.69, 9.17) is 4.74 Å². The van der Waals surface area contributed by atoms with Gasteiger partial charge in [-0.15, -0.1) is 5.10 Å². The molecule has 2 aromatic rings. The lowest BCUT2D eigenvalue weighted by Crippen LogP contribution is -2.46. The first-order valence-corrected chi connectivity index (χ1v) is 11.4. The first-order valence-electron chi connectivity index (χ1n) is 11.4. The van der Waals surface area contributed by atoms with Gasteiger partial charge in [-0.1, -0.05) is 60.5 Å². The molecule has 3 heterocycles. The number of carbonyl (C=O) groups is 2. The Labute approximate surface area is 188 Å². The van der Waals surface area contributed by atoms with Crippen molar-refractivity contribution in [1.82, 2.24) is 24.8 Å². The number of ether oxygens (including phenoxy) is 1. The third kappa shape index (κ3) is 5.24. The van der Waals surface area contributed by atoms with Gasteiger partial charge in [0.25, 0.3) is 0 Å². The van der Waals surface area contributed by atoms with E-state index < -0.39 is 5.97 Å². The van der Waals surface area contributed by atoms with Crippen LogP contribution >= 0.6 is 0 Å². The second kappa shape index (κ2) is 10.5. The van der Waals surface area contributed by atoms with Gasteiger partial charge in [-0.3, -0.25) is 9.69 Å². The second-order valence-electron chi connectivity index (χ2n) is 8.49. The van der Waals surface area contributed by atoms with E-state index in [9.17, 15) is 9.59 Å². The molecule has 2 aliphatic rings. The first kappa shape index (κ1) is 22.2. The Hall–Kier alpha value is -3.00. The fourth-order valence-electron chi connectivity index (χ4n) is 4.57. The van der Waals surface area contributed by atoms with Crippen LogP contribution in [0.2, 0.25) is 0 Å². The molecule has 1 amide bonds. The summed E-state index contributed by atoms with van der Waals surface area (Å²) in [6.07, 6.45) is 11.0. The topological polar surface area (TPSA) is 80.6 Å². The van der Waals surface area contributed by atoms with Gasteiger partial charge in [-0.2, -0.15) is 0 Å². The highest BCUT2D eigenvalue weighted by molar-refractivity contribution is 5.86. The average Bonchev–Trinajstić information content (AvgIpc) is 3.39. The third-order valence-electron chi connectivity index (χ3n) is 6.31. The maximum absolute atomic E-state index is 13.5. The summed E-state index contributed by atoms with van der Waals surface area (Å²) in [7, 11) is 1.33. The summed E-state index contributed by atoms with van der Waals surface area (Å²) >= 11 is 0. The lowest BCUT2D eigenvalue weighted by Gasteiger charge is -2.28. The van der Waals surface area contributed by atoms with Gasteiger partial charge in [0.05, 0.1) is 25.4 Å². The van der Waals surface area contributed by atoms with Crippen LogP contribution in [0.4, 0.5) is 0 Å². The summed E-state index contributed by atoms with van der Waals surface area (Å²) in [5.41, 5.74) is 1.32. The van der Waals surface area contributed by atoms with E-state index in [1.807, 2.05) is 23.1 Å². The zero-order chi connectivity index (χ0) is 22.3. The van der Waals surface area contributed by atoms with Gasteiger partial charge in [0, 0.05) is 26.2 Å². The summed E-state index contributed by atoms with van der Waals surface area (Å²) < 4.78 is 6.45. The number of aromatic nitrogens is 3. The molecule has 2 aliphatic heterocycles. The molecule has 0 unspecified atom stereocenters. The number of likely N-dealkylation sites (tertiary alicyclic amines) is 2. The van der Waals surface area contributed by atoms with Gasteiger partial charge >= 0.3 is 5.97 Å². The van der Waals surface area contributed by atoms with Gasteiger partial charge < -0.3 is 9.64 Å². The van der Waals surface area contributed by atoms with Crippen molar-refractivity contribution in [1.29, 1.82) is 0 Å². The molecular formula is C24H31N5O3. The molecule has 0 aliphatic carbocycles. The molecule has 2 saturated heterocycles. The predicted molar refractivity (Wildman–Crippen MR) is 121 cm³/mol. The van der Waals surface area contributed by atoms with Crippen molar-refractivity contribution in [3.63, 3.8) is 0 Å². The zero-order valence-corrected chi connectivity index (χ0v) is 18.6. The Bertz CT molecular complexity index is 934. The number of benzene rings is 1. The second-order valence-corrected chi connectivity index (χ2v) is 8.49. The standard InChI is InChI=1S/C24H31N5O3/c1-32-24(31)21-18-29(26-25-21)20-16-22(23(30)27-13-7-2-3-8-14-27)28(17-20)15-9-12-19-10-5-4-6-11-19/h4-6,9-12,18,20,22H,2-3,7-8,13-17H2,1H3/t20-,22+/m1/s1. The van der Waals surface area contributed by atoms with E-state index in [-0.39, 0.29) is 23.7 Å². The highest BCUT2D eigenvalue weighted by Crippen LogP contribution is 2.29. The molecule has 0 N–H and O–H groups in total.